The van der Waals surface area contributed by atoms with E-state index in [2.05, 4.69) is 18.8 Å². The number of amides is 2. The lowest BCUT2D eigenvalue weighted by atomic mass is 9.68. The fourth-order valence-electron chi connectivity index (χ4n) is 7.86. The van der Waals surface area contributed by atoms with Gasteiger partial charge in [-0.3, -0.25) is 19.3 Å². The highest BCUT2D eigenvalue weighted by atomic mass is 32.2. The van der Waals surface area contributed by atoms with Crippen molar-refractivity contribution in [2.24, 2.45) is 35.5 Å². The monoisotopic (exact) mass is 634 g/mol. The van der Waals surface area contributed by atoms with Gasteiger partial charge in [-0.1, -0.05) is 31.3 Å². The van der Waals surface area contributed by atoms with E-state index in [9.17, 15) is 19.2 Å². The number of nitrogens with zero attached hydrogens (tertiary/aromatic N) is 1. The average Bonchev–Trinajstić information content (AvgIpc) is 3.75. The van der Waals surface area contributed by atoms with Gasteiger partial charge in [-0.15, -0.1) is 11.8 Å². The minimum absolute atomic E-state index is 0.00912. The zero-order chi connectivity index (χ0) is 30.9. The van der Waals surface area contributed by atoms with Crippen molar-refractivity contribution in [3.8, 4) is 11.5 Å². The van der Waals surface area contributed by atoms with Crippen molar-refractivity contribution in [3.63, 3.8) is 0 Å². The van der Waals surface area contributed by atoms with E-state index in [-0.39, 0.29) is 52.2 Å². The molecular weight excluding hydrogens is 601 g/mol. The standard InChI is InChI=1S/C33H34N2O7S2/c1-5-41-32(38)16-6-9-18(10-7-16)35-30(36)25-19-13-20(26(25)31(35)37)27-24(19)23(28-29(43-27)34-33(39)44-28)17-8-11-21(22(12-17)40-4)42-14-15(2)3/h6-12,15,19-20,23-27H,5,13-14H2,1-4H3,(H,34,39)/t19-,20-,23+,24+,25+,26+,27-/m1/s1. The van der Waals surface area contributed by atoms with Gasteiger partial charge in [0.2, 0.25) is 11.8 Å². The number of hydrogen-bond acceptors (Lipinski definition) is 9. The van der Waals surface area contributed by atoms with Crippen molar-refractivity contribution in [2.75, 3.05) is 25.2 Å². The van der Waals surface area contributed by atoms with Crippen molar-refractivity contribution < 1.29 is 28.6 Å². The molecule has 2 aliphatic heterocycles. The summed E-state index contributed by atoms with van der Waals surface area (Å²) in [6, 6.07) is 12.5. The number of hydrogen-bond donors (Lipinski definition) is 1. The Labute approximate surface area is 263 Å². The molecule has 1 aromatic heterocycles. The van der Waals surface area contributed by atoms with Gasteiger partial charge in [-0.25, -0.2) is 4.79 Å². The molecule has 9 nitrogen and oxygen atoms in total. The summed E-state index contributed by atoms with van der Waals surface area (Å²) in [5, 5.41) is 0.937. The molecule has 3 fully saturated rings. The summed E-state index contributed by atoms with van der Waals surface area (Å²) >= 11 is 2.89. The number of esters is 1. The Kier molecular flexibility index (Phi) is 7.36. The Hall–Kier alpha value is -3.57. The molecule has 2 aromatic carbocycles. The first-order chi connectivity index (χ1) is 21.2. The lowest BCUT2D eigenvalue weighted by Crippen LogP contribution is -2.42. The third kappa shape index (κ3) is 4.50. The van der Waals surface area contributed by atoms with Crippen LogP contribution in [0.15, 0.2) is 52.3 Å². The first-order valence-corrected chi connectivity index (χ1v) is 16.8. The van der Waals surface area contributed by atoms with Crippen molar-refractivity contribution in [1.29, 1.82) is 0 Å². The zero-order valence-electron chi connectivity index (χ0n) is 24.9. The lowest BCUT2D eigenvalue weighted by Gasteiger charge is -2.43. The molecule has 11 heteroatoms. The number of aromatic amines is 1. The van der Waals surface area contributed by atoms with Crippen LogP contribution in [-0.4, -0.2) is 48.3 Å². The molecule has 2 aliphatic carbocycles. The van der Waals surface area contributed by atoms with Gasteiger partial charge in [0.25, 0.3) is 0 Å². The van der Waals surface area contributed by atoms with E-state index in [1.54, 1.807) is 50.1 Å². The number of ether oxygens (including phenoxy) is 3. The highest BCUT2D eigenvalue weighted by Crippen LogP contribution is 2.68. The van der Waals surface area contributed by atoms with E-state index < -0.39 is 17.8 Å². The Morgan fingerprint density at radius 3 is 2.43 bits per heavy atom. The predicted octanol–water partition coefficient (Wildman–Crippen LogP) is 5.33. The number of benzene rings is 2. The fraction of sp³-hybridized carbons (Fsp3) is 0.455. The maximum atomic E-state index is 14.1. The Bertz CT molecular complexity index is 1700. The topological polar surface area (TPSA) is 115 Å². The lowest BCUT2D eigenvalue weighted by molar-refractivity contribution is -0.123. The molecule has 3 aromatic rings. The number of thioether (sulfide) groups is 1. The maximum absolute atomic E-state index is 14.1. The van der Waals surface area contributed by atoms with Crippen molar-refractivity contribution in [2.45, 2.75) is 43.4 Å². The Morgan fingerprint density at radius 2 is 1.75 bits per heavy atom. The number of methoxy groups -OCH3 is 1. The van der Waals surface area contributed by atoms with E-state index in [4.69, 9.17) is 14.2 Å². The molecule has 4 aliphatic rings. The van der Waals surface area contributed by atoms with Crippen LogP contribution < -0.4 is 19.2 Å². The smallest absolute Gasteiger partial charge is 0.338 e. The first-order valence-electron chi connectivity index (χ1n) is 15.1. The number of H-pyrrole nitrogens is 1. The number of rotatable bonds is 8. The minimum Gasteiger partial charge on any atom is -0.493 e. The molecule has 1 saturated heterocycles. The predicted molar refractivity (Wildman–Crippen MR) is 167 cm³/mol. The summed E-state index contributed by atoms with van der Waals surface area (Å²) in [6.45, 7) is 6.75. The number of imide groups is 1. The van der Waals surface area contributed by atoms with E-state index in [1.807, 2.05) is 18.2 Å². The third-order valence-electron chi connectivity index (χ3n) is 9.48. The van der Waals surface area contributed by atoms with Gasteiger partial charge in [0.05, 0.1) is 48.4 Å². The second-order valence-electron chi connectivity index (χ2n) is 12.4. The van der Waals surface area contributed by atoms with Crippen molar-refractivity contribution in [1.82, 2.24) is 4.98 Å². The number of thiazole rings is 1. The molecule has 7 rings (SSSR count). The Balaban J connectivity index is 1.23. The van der Waals surface area contributed by atoms with Crippen LogP contribution in [0.5, 0.6) is 11.5 Å². The molecule has 3 heterocycles. The molecule has 7 atom stereocenters. The number of fused-ring (bicyclic) bond motifs is 9. The summed E-state index contributed by atoms with van der Waals surface area (Å²) in [4.78, 5) is 58.0. The SMILES string of the molecule is CCOC(=O)c1ccc(N2C(=O)[C@H]3[C@H]4C[C@@H]([C@@H]3C2=O)[C@H]2[C@H](c3ccc(OCC(C)C)c(OC)c3)c3sc(=O)[nH]c3S[C@H]42)cc1. The van der Waals surface area contributed by atoms with E-state index in [0.29, 0.717) is 35.3 Å². The van der Waals surface area contributed by atoms with Gasteiger partial charge in [-0.05, 0) is 79.0 Å². The quantitative estimate of drug-likeness (QED) is 0.261. The van der Waals surface area contributed by atoms with E-state index in [0.717, 1.165) is 21.9 Å². The molecule has 230 valence electrons. The first kappa shape index (κ1) is 29.2. The second kappa shape index (κ2) is 11.1. The average molecular weight is 635 g/mol. The van der Waals surface area contributed by atoms with Crippen LogP contribution in [0.4, 0.5) is 5.69 Å². The summed E-state index contributed by atoms with van der Waals surface area (Å²) in [6.07, 6.45) is 0.799. The van der Waals surface area contributed by atoms with Gasteiger partial charge in [0, 0.05) is 16.0 Å². The molecule has 0 spiro atoms. The number of carbonyl (C=O) groups excluding carboxylic acids is 3. The number of carbonyl (C=O) groups is 3. The number of aromatic nitrogens is 1. The molecule has 1 N–H and O–H groups in total. The highest BCUT2D eigenvalue weighted by molar-refractivity contribution is 8.00. The molecule has 44 heavy (non-hydrogen) atoms. The van der Waals surface area contributed by atoms with Gasteiger partial charge >= 0.3 is 10.8 Å². The number of anilines is 1. The molecule has 2 amide bonds. The van der Waals surface area contributed by atoms with Crippen LogP contribution in [0.1, 0.15) is 53.9 Å². The van der Waals surface area contributed by atoms with Gasteiger partial charge in [0.15, 0.2) is 11.5 Å². The molecule has 2 bridgehead atoms. The fourth-order valence-corrected chi connectivity index (χ4v) is 10.7. The summed E-state index contributed by atoms with van der Waals surface area (Å²) < 4.78 is 16.8. The zero-order valence-corrected chi connectivity index (χ0v) is 26.5. The van der Waals surface area contributed by atoms with Crippen LogP contribution in [0.3, 0.4) is 0 Å². The second-order valence-corrected chi connectivity index (χ2v) is 14.6. The van der Waals surface area contributed by atoms with Gasteiger partial charge in [0.1, 0.15) is 0 Å². The maximum Gasteiger partial charge on any atom is 0.338 e. The van der Waals surface area contributed by atoms with Crippen LogP contribution in [0, 0.1) is 35.5 Å². The van der Waals surface area contributed by atoms with E-state index in [1.165, 1.54) is 16.2 Å². The van der Waals surface area contributed by atoms with Crippen LogP contribution in [0.25, 0.3) is 0 Å². The molecular formula is C33H34N2O7S2. The normalized spacial score (nSPS) is 28.2. The third-order valence-corrected chi connectivity index (χ3v) is 12.1. The summed E-state index contributed by atoms with van der Waals surface area (Å²) in [5.41, 5.74) is 1.86. The van der Waals surface area contributed by atoms with Crippen LogP contribution in [0.2, 0.25) is 0 Å². The molecule has 2 saturated carbocycles. The van der Waals surface area contributed by atoms with E-state index >= 15 is 0 Å². The Morgan fingerprint density at radius 1 is 1.02 bits per heavy atom. The van der Waals surface area contributed by atoms with Crippen LogP contribution in [-0.2, 0) is 14.3 Å². The van der Waals surface area contributed by atoms with Gasteiger partial charge in [-0.2, -0.15) is 0 Å². The van der Waals surface area contributed by atoms with Crippen molar-refractivity contribution in [3.05, 3.63) is 68.1 Å². The van der Waals surface area contributed by atoms with Crippen molar-refractivity contribution >= 4 is 46.6 Å². The van der Waals surface area contributed by atoms with Gasteiger partial charge < -0.3 is 19.2 Å². The van der Waals surface area contributed by atoms with Crippen LogP contribution >= 0.6 is 23.1 Å². The largest absolute Gasteiger partial charge is 0.493 e. The summed E-state index contributed by atoms with van der Waals surface area (Å²) in [5.74, 6) is -0.0149. The molecule has 0 unspecified atom stereocenters. The minimum atomic E-state index is -0.443. The summed E-state index contributed by atoms with van der Waals surface area (Å²) in [7, 11) is 1.62. The highest BCUT2D eigenvalue weighted by Gasteiger charge is 2.69. The molecule has 0 radical (unpaired) electrons. The number of nitrogens with one attached hydrogen (secondary N) is 1.